The molecule has 0 saturated heterocycles. The molecular formula is C17H13ClFN3O. The maximum atomic E-state index is 13.9. The highest BCUT2D eigenvalue weighted by Crippen LogP contribution is 2.29. The molecule has 0 aliphatic rings. The number of rotatable bonds is 4. The molecule has 0 bridgehead atoms. The number of hydrogen-bond acceptors (Lipinski definition) is 4. The van der Waals surface area contributed by atoms with Crippen molar-refractivity contribution in [1.82, 2.24) is 15.2 Å². The Balaban J connectivity index is 1.78. The molecule has 2 aromatic heterocycles. The molecule has 0 saturated carbocycles. The van der Waals surface area contributed by atoms with Gasteiger partial charge in [0, 0.05) is 17.8 Å². The highest BCUT2D eigenvalue weighted by atomic mass is 35.5. The minimum absolute atomic E-state index is 0.288. The summed E-state index contributed by atoms with van der Waals surface area (Å²) in [6.45, 7) is 1.71. The van der Waals surface area contributed by atoms with Crippen LogP contribution in [0.4, 0.5) is 4.39 Å². The molecule has 6 heteroatoms. The fourth-order valence-electron chi connectivity index (χ4n) is 2.17. The zero-order valence-electron chi connectivity index (χ0n) is 12.3. The van der Waals surface area contributed by atoms with Crippen molar-refractivity contribution in [2.24, 2.45) is 0 Å². The Kier molecular flexibility index (Phi) is 4.48. The summed E-state index contributed by atoms with van der Waals surface area (Å²) in [5, 5.41) is 8.39. The Labute approximate surface area is 137 Å². The molecule has 0 N–H and O–H groups in total. The van der Waals surface area contributed by atoms with Gasteiger partial charge in [-0.1, -0.05) is 23.7 Å². The van der Waals surface area contributed by atoms with E-state index in [0.717, 1.165) is 5.69 Å². The van der Waals surface area contributed by atoms with Gasteiger partial charge in [-0.2, -0.15) is 0 Å². The smallest absolute Gasteiger partial charge is 0.234 e. The molecule has 2 heterocycles. The van der Waals surface area contributed by atoms with Gasteiger partial charge in [0.05, 0.1) is 10.7 Å². The van der Waals surface area contributed by atoms with Crippen LogP contribution in [0.3, 0.4) is 0 Å². The molecule has 3 rings (SSSR count). The van der Waals surface area contributed by atoms with Crippen LogP contribution in [0.25, 0.3) is 11.4 Å². The third kappa shape index (κ3) is 3.46. The molecule has 0 aliphatic heterocycles. The summed E-state index contributed by atoms with van der Waals surface area (Å²) >= 11 is 6.03. The number of ether oxygens (including phenoxy) is 1. The summed E-state index contributed by atoms with van der Waals surface area (Å²) in [5.74, 6) is -0.125. The molecule has 1 unspecified atom stereocenters. The second-order valence-corrected chi connectivity index (χ2v) is 5.27. The van der Waals surface area contributed by atoms with Gasteiger partial charge in [0.25, 0.3) is 0 Å². The van der Waals surface area contributed by atoms with Gasteiger partial charge in [-0.05, 0) is 37.3 Å². The molecular weight excluding hydrogens is 317 g/mol. The van der Waals surface area contributed by atoms with E-state index < -0.39 is 11.9 Å². The van der Waals surface area contributed by atoms with E-state index in [1.165, 1.54) is 6.07 Å². The number of nitrogens with zero attached hydrogens (tertiary/aromatic N) is 3. The zero-order chi connectivity index (χ0) is 16.2. The van der Waals surface area contributed by atoms with Crippen molar-refractivity contribution in [3.05, 3.63) is 71.1 Å². The third-order valence-electron chi connectivity index (χ3n) is 3.27. The number of hydrogen-bond donors (Lipinski definition) is 0. The van der Waals surface area contributed by atoms with Gasteiger partial charge in [0.15, 0.2) is 0 Å². The highest BCUT2D eigenvalue weighted by molar-refractivity contribution is 6.31. The van der Waals surface area contributed by atoms with Crippen LogP contribution in [0, 0.1) is 5.82 Å². The fraction of sp³-hybridized carbons (Fsp3) is 0.118. The van der Waals surface area contributed by atoms with E-state index in [2.05, 4.69) is 15.2 Å². The Morgan fingerprint density at radius 3 is 2.52 bits per heavy atom. The molecule has 0 aliphatic carbocycles. The Bertz CT molecular complexity index is 776. The topological polar surface area (TPSA) is 47.9 Å². The van der Waals surface area contributed by atoms with Crippen molar-refractivity contribution in [1.29, 1.82) is 0 Å². The molecule has 116 valence electrons. The van der Waals surface area contributed by atoms with Gasteiger partial charge in [-0.25, -0.2) is 4.39 Å². The Morgan fingerprint density at radius 1 is 1.00 bits per heavy atom. The molecule has 4 nitrogen and oxygen atoms in total. The molecule has 1 aromatic carbocycles. The van der Waals surface area contributed by atoms with Gasteiger partial charge < -0.3 is 4.74 Å². The molecule has 23 heavy (non-hydrogen) atoms. The molecule has 0 fully saturated rings. The van der Waals surface area contributed by atoms with Crippen LogP contribution in [-0.4, -0.2) is 15.2 Å². The predicted octanol–water partition coefficient (Wildman–Crippen LogP) is 4.47. The van der Waals surface area contributed by atoms with Gasteiger partial charge in [0.2, 0.25) is 5.88 Å². The predicted molar refractivity (Wildman–Crippen MR) is 85.7 cm³/mol. The number of benzene rings is 1. The zero-order valence-corrected chi connectivity index (χ0v) is 13.0. The second kappa shape index (κ2) is 6.71. The summed E-state index contributed by atoms with van der Waals surface area (Å²) in [5.41, 5.74) is 1.65. The van der Waals surface area contributed by atoms with Crippen molar-refractivity contribution in [2.45, 2.75) is 13.0 Å². The first-order valence-corrected chi connectivity index (χ1v) is 7.38. The van der Waals surface area contributed by atoms with Gasteiger partial charge in [-0.3, -0.25) is 4.98 Å². The number of halogens is 2. The first-order chi connectivity index (χ1) is 11.1. The minimum Gasteiger partial charge on any atom is -0.469 e. The molecule has 3 aromatic rings. The summed E-state index contributed by atoms with van der Waals surface area (Å²) < 4.78 is 19.5. The molecule has 0 amide bonds. The van der Waals surface area contributed by atoms with E-state index in [1.54, 1.807) is 37.4 Å². The van der Waals surface area contributed by atoms with Crippen LogP contribution in [0.2, 0.25) is 5.02 Å². The lowest BCUT2D eigenvalue weighted by Crippen LogP contribution is -2.08. The lowest BCUT2D eigenvalue weighted by molar-refractivity contribution is 0.210. The van der Waals surface area contributed by atoms with E-state index in [-0.39, 0.29) is 5.88 Å². The average Bonchev–Trinajstić information content (AvgIpc) is 2.56. The first-order valence-electron chi connectivity index (χ1n) is 7.01. The van der Waals surface area contributed by atoms with E-state index in [9.17, 15) is 4.39 Å². The standard InChI is InChI=1S/C17H13ClFN3O/c1-11(17-12(18)5-4-6-13(17)19)23-16-9-8-15(21-22-16)14-7-2-3-10-20-14/h2-11H,1H3. The normalized spacial score (nSPS) is 12.0. The lowest BCUT2D eigenvalue weighted by atomic mass is 10.1. The van der Waals surface area contributed by atoms with E-state index in [4.69, 9.17) is 16.3 Å². The van der Waals surface area contributed by atoms with Gasteiger partial charge in [0.1, 0.15) is 17.6 Å². The maximum Gasteiger partial charge on any atom is 0.234 e. The monoisotopic (exact) mass is 329 g/mol. The van der Waals surface area contributed by atoms with Gasteiger partial charge in [-0.15, -0.1) is 10.2 Å². The second-order valence-electron chi connectivity index (χ2n) is 4.87. The van der Waals surface area contributed by atoms with Crippen molar-refractivity contribution in [3.8, 4) is 17.3 Å². The van der Waals surface area contributed by atoms with Gasteiger partial charge >= 0.3 is 0 Å². The van der Waals surface area contributed by atoms with Crippen LogP contribution < -0.4 is 4.74 Å². The quantitative estimate of drug-likeness (QED) is 0.708. The SMILES string of the molecule is CC(Oc1ccc(-c2ccccn2)nn1)c1c(F)cccc1Cl. The van der Waals surface area contributed by atoms with Crippen molar-refractivity contribution in [2.75, 3.05) is 0 Å². The molecule has 0 radical (unpaired) electrons. The van der Waals surface area contributed by atoms with Crippen LogP contribution in [0.1, 0.15) is 18.6 Å². The highest BCUT2D eigenvalue weighted by Gasteiger charge is 2.17. The minimum atomic E-state index is -0.585. The number of aromatic nitrogens is 3. The van der Waals surface area contributed by atoms with Crippen molar-refractivity contribution in [3.63, 3.8) is 0 Å². The Morgan fingerprint density at radius 2 is 1.87 bits per heavy atom. The number of pyridine rings is 1. The fourth-order valence-corrected chi connectivity index (χ4v) is 2.49. The summed E-state index contributed by atoms with van der Waals surface area (Å²) in [6, 6.07) is 13.5. The summed E-state index contributed by atoms with van der Waals surface area (Å²) in [7, 11) is 0. The Hall–Kier alpha value is -2.53. The molecule has 0 spiro atoms. The van der Waals surface area contributed by atoms with Crippen LogP contribution in [0.5, 0.6) is 5.88 Å². The average molecular weight is 330 g/mol. The van der Waals surface area contributed by atoms with E-state index >= 15 is 0 Å². The summed E-state index contributed by atoms with van der Waals surface area (Å²) in [6.07, 6.45) is 1.10. The largest absolute Gasteiger partial charge is 0.469 e. The lowest BCUT2D eigenvalue weighted by Gasteiger charge is -2.16. The van der Waals surface area contributed by atoms with Crippen LogP contribution >= 0.6 is 11.6 Å². The van der Waals surface area contributed by atoms with E-state index in [0.29, 0.717) is 16.3 Å². The van der Waals surface area contributed by atoms with E-state index in [1.807, 2.05) is 18.2 Å². The first kappa shape index (κ1) is 15.4. The molecule has 1 atom stereocenters. The maximum absolute atomic E-state index is 13.9. The third-order valence-corrected chi connectivity index (χ3v) is 3.60. The summed E-state index contributed by atoms with van der Waals surface area (Å²) in [4.78, 5) is 4.20. The van der Waals surface area contributed by atoms with Crippen molar-refractivity contribution < 1.29 is 9.13 Å². The van der Waals surface area contributed by atoms with Crippen LogP contribution in [0.15, 0.2) is 54.7 Å². The van der Waals surface area contributed by atoms with Crippen LogP contribution in [-0.2, 0) is 0 Å². The van der Waals surface area contributed by atoms with Crippen molar-refractivity contribution >= 4 is 11.6 Å².